The number of aliphatic hydroxyl groups is 1. The summed E-state index contributed by atoms with van der Waals surface area (Å²) in [4.78, 5) is 34.8. The highest BCUT2D eigenvalue weighted by molar-refractivity contribution is 6.45. The zero-order valence-corrected chi connectivity index (χ0v) is 19.3. The van der Waals surface area contributed by atoms with Gasteiger partial charge >= 0.3 is 0 Å². The van der Waals surface area contributed by atoms with Crippen molar-refractivity contribution in [2.24, 2.45) is 0 Å². The lowest BCUT2D eigenvalue weighted by Gasteiger charge is -2.36. The largest absolute Gasteiger partial charge is 0.496 e. The number of carbonyl (C=O) groups is 2. The van der Waals surface area contributed by atoms with E-state index in [1.54, 1.807) is 25.3 Å². The summed E-state index contributed by atoms with van der Waals surface area (Å²) in [6.45, 7) is 3.32. The summed E-state index contributed by atoms with van der Waals surface area (Å²) < 4.78 is 5.53. The third-order valence-electron chi connectivity index (χ3n) is 6.16. The molecule has 2 heterocycles. The van der Waals surface area contributed by atoms with Crippen molar-refractivity contribution < 1.29 is 19.4 Å². The Morgan fingerprint density at radius 3 is 2.21 bits per heavy atom. The Bertz CT molecular complexity index is 1060. The van der Waals surface area contributed by atoms with Crippen LogP contribution in [-0.2, 0) is 9.59 Å². The summed E-state index contributed by atoms with van der Waals surface area (Å²) in [6.07, 6.45) is 0. The molecule has 0 saturated carbocycles. The summed E-state index contributed by atoms with van der Waals surface area (Å²) >= 11 is 0. The molecule has 8 nitrogen and oxygen atoms in total. The maximum absolute atomic E-state index is 13.7. The van der Waals surface area contributed by atoms with E-state index in [-0.39, 0.29) is 18.4 Å². The third-order valence-corrected chi connectivity index (χ3v) is 6.16. The molecular formula is C25H30N4O4. The van der Waals surface area contributed by atoms with Crippen LogP contribution in [0.25, 0.3) is 5.57 Å². The van der Waals surface area contributed by atoms with Gasteiger partial charge in [-0.2, -0.15) is 0 Å². The number of anilines is 2. The molecule has 0 unspecified atom stereocenters. The van der Waals surface area contributed by atoms with Gasteiger partial charge in [0.1, 0.15) is 11.4 Å². The maximum atomic E-state index is 13.7. The van der Waals surface area contributed by atoms with Crippen LogP contribution in [-0.4, -0.2) is 87.3 Å². The second-order valence-electron chi connectivity index (χ2n) is 8.33. The van der Waals surface area contributed by atoms with Gasteiger partial charge in [-0.1, -0.05) is 18.2 Å². The first-order valence-electron chi connectivity index (χ1n) is 11.1. The number of rotatable bonds is 7. The van der Waals surface area contributed by atoms with Gasteiger partial charge in [0.25, 0.3) is 11.8 Å². The number of β-amino-alcohol motifs (C(OH)–C–C–N with tert-alkyl or cyclic N) is 1. The van der Waals surface area contributed by atoms with E-state index in [1.165, 1.54) is 4.90 Å². The highest BCUT2D eigenvalue weighted by Gasteiger charge is 2.43. The first-order chi connectivity index (χ1) is 16.0. The van der Waals surface area contributed by atoms with Crippen LogP contribution in [0.1, 0.15) is 5.56 Å². The fourth-order valence-electron chi connectivity index (χ4n) is 4.38. The topological polar surface area (TPSA) is 76.6 Å². The molecule has 0 spiro atoms. The molecule has 1 saturated heterocycles. The molecule has 2 aliphatic heterocycles. The van der Waals surface area contributed by atoms with Gasteiger partial charge in [-0.15, -0.1) is 0 Å². The van der Waals surface area contributed by atoms with Crippen molar-refractivity contribution in [2.45, 2.75) is 0 Å². The average molecular weight is 451 g/mol. The van der Waals surface area contributed by atoms with Crippen molar-refractivity contribution in [3.63, 3.8) is 0 Å². The highest BCUT2D eigenvalue weighted by atomic mass is 16.5. The lowest BCUT2D eigenvalue weighted by atomic mass is 10.0. The van der Waals surface area contributed by atoms with Crippen molar-refractivity contribution >= 4 is 28.8 Å². The van der Waals surface area contributed by atoms with Crippen molar-refractivity contribution in [2.75, 3.05) is 70.3 Å². The van der Waals surface area contributed by atoms with Gasteiger partial charge in [0.05, 0.1) is 25.0 Å². The van der Waals surface area contributed by atoms with Gasteiger partial charge in [0.2, 0.25) is 0 Å². The predicted octanol–water partition coefficient (Wildman–Crippen LogP) is 1.66. The lowest BCUT2D eigenvalue weighted by Crippen LogP contribution is -2.48. The molecule has 2 aromatic rings. The molecule has 0 radical (unpaired) electrons. The molecule has 174 valence electrons. The zero-order chi connectivity index (χ0) is 23.5. The summed E-state index contributed by atoms with van der Waals surface area (Å²) in [6, 6.07) is 14.7. The molecule has 33 heavy (non-hydrogen) atoms. The zero-order valence-electron chi connectivity index (χ0n) is 19.3. The molecule has 4 rings (SSSR count). The number of benzene rings is 2. The number of hydrogen-bond acceptors (Lipinski definition) is 7. The summed E-state index contributed by atoms with van der Waals surface area (Å²) in [5.41, 5.74) is 2.90. The van der Waals surface area contributed by atoms with Gasteiger partial charge in [-0.05, 0) is 30.3 Å². The number of ether oxygens (including phenoxy) is 1. The van der Waals surface area contributed by atoms with Crippen LogP contribution < -0.4 is 14.5 Å². The van der Waals surface area contributed by atoms with Gasteiger partial charge in [-0.25, -0.2) is 4.90 Å². The lowest BCUT2D eigenvalue weighted by molar-refractivity contribution is -0.120. The normalized spacial score (nSPS) is 17.2. The monoisotopic (exact) mass is 450 g/mol. The number of methoxy groups -OCH3 is 1. The number of aliphatic hydroxyl groups excluding tert-OH is 1. The van der Waals surface area contributed by atoms with Crippen molar-refractivity contribution in [3.05, 3.63) is 59.8 Å². The number of amides is 2. The number of piperazine rings is 1. The van der Waals surface area contributed by atoms with Gasteiger partial charge in [0.15, 0.2) is 0 Å². The Balaban J connectivity index is 1.75. The maximum Gasteiger partial charge on any atom is 0.282 e. The first kappa shape index (κ1) is 22.8. The van der Waals surface area contributed by atoms with Gasteiger partial charge < -0.3 is 19.6 Å². The molecule has 2 aliphatic rings. The smallest absolute Gasteiger partial charge is 0.282 e. The number of carbonyl (C=O) groups excluding carboxylic acids is 2. The van der Waals surface area contributed by atoms with Gasteiger partial charge in [-0.3, -0.25) is 14.5 Å². The van der Waals surface area contributed by atoms with E-state index in [0.717, 1.165) is 5.69 Å². The molecule has 8 heteroatoms. The van der Waals surface area contributed by atoms with Gasteiger partial charge in [0, 0.05) is 58.1 Å². The second kappa shape index (κ2) is 9.64. The molecular weight excluding hydrogens is 420 g/mol. The molecule has 0 bridgehead atoms. The molecule has 2 amide bonds. The Morgan fingerprint density at radius 1 is 0.939 bits per heavy atom. The van der Waals surface area contributed by atoms with Crippen molar-refractivity contribution in [3.8, 4) is 5.75 Å². The SMILES string of the molecule is COc1ccccc1C1=C(N2CCN(CCO)CC2)C(=O)N(c2ccc(N(C)C)cc2)C1=O. The third kappa shape index (κ3) is 4.31. The second-order valence-corrected chi connectivity index (χ2v) is 8.33. The summed E-state index contributed by atoms with van der Waals surface area (Å²) in [7, 11) is 5.44. The van der Waals surface area contributed by atoms with E-state index in [2.05, 4.69) is 4.90 Å². The summed E-state index contributed by atoms with van der Waals surface area (Å²) in [5.74, 6) is -0.126. The van der Waals surface area contributed by atoms with E-state index in [1.807, 2.05) is 54.2 Å². The molecule has 1 fully saturated rings. The molecule has 2 aromatic carbocycles. The van der Waals surface area contributed by atoms with Crippen LogP contribution in [0, 0.1) is 0 Å². The van der Waals surface area contributed by atoms with Crippen LogP contribution in [0.5, 0.6) is 5.75 Å². The Labute approximate surface area is 194 Å². The van der Waals surface area contributed by atoms with Crippen LogP contribution >= 0.6 is 0 Å². The Morgan fingerprint density at radius 2 is 1.61 bits per heavy atom. The molecule has 1 N–H and O–H groups in total. The minimum absolute atomic E-state index is 0.100. The number of imide groups is 1. The number of hydrogen-bond donors (Lipinski definition) is 1. The Hall–Kier alpha value is -3.36. The number of para-hydroxylation sites is 1. The van der Waals surface area contributed by atoms with Crippen LogP contribution in [0.3, 0.4) is 0 Å². The van der Waals surface area contributed by atoms with Crippen molar-refractivity contribution in [1.29, 1.82) is 0 Å². The minimum atomic E-state index is -0.352. The predicted molar refractivity (Wildman–Crippen MR) is 128 cm³/mol. The fourth-order valence-corrected chi connectivity index (χ4v) is 4.38. The van der Waals surface area contributed by atoms with Crippen LogP contribution in [0.4, 0.5) is 11.4 Å². The first-order valence-corrected chi connectivity index (χ1v) is 11.1. The Kier molecular flexibility index (Phi) is 6.67. The highest BCUT2D eigenvalue weighted by Crippen LogP contribution is 2.38. The fraction of sp³-hybridized carbons (Fsp3) is 0.360. The minimum Gasteiger partial charge on any atom is -0.496 e. The summed E-state index contributed by atoms with van der Waals surface area (Å²) in [5, 5.41) is 9.25. The van der Waals surface area contributed by atoms with E-state index in [9.17, 15) is 14.7 Å². The van der Waals surface area contributed by atoms with Crippen LogP contribution in [0.15, 0.2) is 54.2 Å². The van der Waals surface area contributed by atoms with Crippen LogP contribution in [0.2, 0.25) is 0 Å². The standard InChI is InChI=1S/C25H30N4O4/c1-26(2)18-8-10-19(11-9-18)29-24(31)22(20-6-4-5-7-21(20)33-3)23(25(29)32)28-14-12-27(13-15-28)16-17-30/h4-11,30H,12-17H2,1-3H3. The molecule has 0 aromatic heterocycles. The molecule has 0 aliphatic carbocycles. The van der Waals surface area contributed by atoms with E-state index >= 15 is 0 Å². The quantitative estimate of drug-likeness (QED) is 0.643. The average Bonchev–Trinajstić information content (AvgIpc) is 3.09. The number of nitrogens with zero attached hydrogens (tertiary/aromatic N) is 4. The molecule has 0 atom stereocenters. The van der Waals surface area contributed by atoms with E-state index < -0.39 is 0 Å². The van der Waals surface area contributed by atoms with Crippen molar-refractivity contribution in [1.82, 2.24) is 9.80 Å². The van der Waals surface area contributed by atoms with E-state index in [4.69, 9.17) is 4.74 Å². The van der Waals surface area contributed by atoms with E-state index in [0.29, 0.717) is 61.0 Å².